The van der Waals surface area contributed by atoms with Gasteiger partial charge in [0.2, 0.25) is 0 Å². The molecule has 1 aromatic carbocycles. The summed E-state index contributed by atoms with van der Waals surface area (Å²) in [5, 5.41) is 1.13. The van der Waals surface area contributed by atoms with E-state index in [1.165, 1.54) is 0 Å². The van der Waals surface area contributed by atoms with Crippen LogP contribution in [-0.4, -0.2) is 6.67 Å². The molecule has 1 rings (SSSR count). The molecule has 0 heterocycles. The molecule has 0 nitrogen and oxygen atoms in total. The average molecular weight is 221 g/mol. The lowest BCUT2D eigenvalue weighted by atomic mass is 9.98. The Kier molecular flexibility index (Phi) is 4.01. The molecule has 0 bridgehead atoms. The Balaban J connectivity index is 2.99. The number of alkyl halides is 1. The van der Waals surface area contributed by atoms with Gasteiger partial charge >= 0.3 is 0 Å². The quantitative estimate of drug-likeness (QED) is 0.706. The summed E-state index contributed by atoms with van der Waals surface area (Å²) in [7, 11) is 0. The van der Waals surface area contributed by atoms with Crippen molar-refractivity contribution >= 4 is 23.2 Å². The summed E-state index contributed by atoms with van der Waals surface area (Å²) in [6.45, 7) is 1.58. The lowest BCUT2D eigenvalue weighted by Crippen LogP contribution is -1.99. The Morgan fingerprint density at radius 2 is 1.77 bits per heavy atom. The third kappa shape index (κ3) is 2.85. The first kappa shape index (κ1) is 10.8. The van der Waals surface area contributed by atoms with Crippen LogP contribution in [0, 0.1) is 0 Å². The number of hydrogen-bond acceptors (Lipinski definition) is 0. The van der Waals surface area contributed by atoms with E-state index in [2.05, 4.69) is 0 Å². The topological polar surface area (TPSA) is 0 Å². The standard InChI is InChI=1S/C10H11Cl2F/c1-2-7(6-13)8-3-9(11)5-10(12)4-8/h3-5,7H,2,6H2,1H3. The second kappa shape index (κ2) is 4.83. The van der Waals surface area contributed by atoms with Crippen LogP contribution in [0.2, 0.25) is 10.0 Å². The van der Waals surface area contributed by atoms with Crippen LogP contribution in [0.5, 0.6) is 0 Å². The first-order chi connectivity index (χ1) is 6.17. The molecule has 0 saturated heterocycles. The van der Waals surface area contributed by atoms with Crippen molar-refractivity contribution in [1.82, 2.24) is 0 Å². The van der Waals surface area contributed by atoms with Gasteiger partial charge in [0, 0.05) is 16.0 Å². The van der Waals surface area contributed by atoms with Gasteiger partial charge in [0.1, 0.15) is 0 Å². The molecule has 0 amide bonds. The Morgan fingerprint density at radius 1 is 1.23 bits per heavy atom. The molecule has 0 spiro atoms. The Hall–Kier alpha value is -0.270. The maximum absolute atomic E-state index is 12.5. The van der Waals surface area contributed by atoms with Crippen molar-refractivity contribution in [3.8, 4) is 0 Å². The largest absolute Gasteiger partial charge is 0.250 e. The summed E-state index contributed by atoms with van der Waals surface area (Å²) in [6.07, 6.45) is 0.757. The van der Waals surface area contributed by atoms with Crippen molar-refractivity contribution in [2.75, 3.05) is 6.67 Å². The van der Waals surface area contributed by atoms with E-state index in [9.17, 15) is 4.39 Å². The van der Waals surface area contributed by atoms with Crippen molar-refractivity contribution in [3.63, 3.8) is 0 Å². The van der Waals surface area contributed by atoms with E-state index in [-0.39, 0.29) is 12.6 Å². The molecule has 0 aliphatic heterocycles. The first-order valence-corrected chi connectivity index (χ1v) is 4.95. The third-order valence-electron chi connectivity index (χ3n) is 2.04. The molecule has 1 aromatic rings. The van der Waals surface area contributed by atoms with Crippen LogP contribution >= 0.6 is 23.2 Å². The Morgan fingerprint density at radius 3 is 2.15 bits per heavy atom. The predicted molar refractivity (Wildman–Crippen MR) is 55.5 cm³/mol. The van der Waals surface area contributed by atoms with E-state index >= 15 is 0 Å². The zero-order valence-electron chi connectivity index (χ0n) is 7.36. The molecule has 0 aromatic heterocycles. The van der Waals surface area contributed by atoms with Crippen LogP contribution < -0.4 is 0 Å². The molecule has 0 aliphatic carbocycles. The summed E-state index contributed by atoms with van der Waals surface area (Å²) in [5.74, 6) is -0.0869. The highest BCUT2D eigenvalue weighted by atomic mass is 35.5. The predicted octanol–water partition coefficient (Wildman–Crippen LogP) is 4.46. The highest BCUT2D eigenvalue weighted by Crippen LogP contribution is 2.26. The van der Waals surface area contributed by atoms with Gasteiger partial charge in [0.25, 0.3) is 0 Å². The SMILES string of the molecule is CCC(CF)c1cc(Cl)cc(Cl)c1. The van der Waals surface area contributed by atoms with Gasteiger partial charge in [0.15, 0.2) is 0 Å². The maximum Gasteiger partial charge on any atom is 0.0962 e. The lowest BCUT2D eigenvalue weighted by molar-refractivity contribution is 0.423. The fraction of sp³-hybridized carbons (Fsp3) is 0.400. The minimum Gasteiger partial charge on any atom is -0.250 e. The van der Waals surface area contributed by atoms with Crippen molar-refractivity contribution in [3.05, 3.63) is 33.8 Å². The number of rotatable bonds is 3. The fourth-order valence-corrected chi connectivity index (χ4v) is 1.79. The molecule has 1 atom stereocenters. The Bertz CT molecular complexity index is 262. The molecule has 1 unspecified atom stereocenters. The molecule has 3 heteroatoms. The summed E-state index contributed by atoms with van der Waals surface area (Å²) in [4.78, 5) is 0. The third-order valence-corrected chi connectivity index (χ3v) is 2.47. The maximum atomic E-state index is 12.5. The highest BCUT2D eigenvalue weighted by Gasteiger charge is 2.10. The van der Waals surface area contributed by atoms with Gasteiger partial charge in [-0.05, 0) is 30.2 Å². The van der Waals surface area contributed by atoms with Crippen LogP contribution in [0.4, 0.5) is 4.39 Å². The van der Waals surface area contributed by atoms with Gasteiger partial charge in [-0.25, -0.2) is 0 Å². The zero-order valence-corrected chi connectivity index (χ0v) is 8.87. The summed E-state index contributed by atoms with van der Waals surface area (Å²) in [5.41, 5.74) is 0.877. The average Bonchev–Trinajstić information content (AvgIpc) is 2.04. The van der Waals surface area contributed by atoms with Gasteiger partial charge in [-0.3, -0.25) is 4.39 Å². The van der Waals surface area contributed by atoms with E-state index in [0.717, 1.165) is 12.0 Å². The summed E-state index contributed by atoms with van der Waals surface area (Å²) in [6, 6.07) is 5.18. The first-order valence-electron chi connectivity index (χ1n) is 4.19. The summed E-state index contributed by atoms with van der Waals surface area (Å²) >= 11 is 11.6. The van der Waals surface area contributed by atoms with Crippen molar-refractivity contribution in [2.24, 2.45) is 0 Å². The van der Waals surface area contributed by atoms with E-state index < -0.39 is 0 Å². The van der Waals surface area contributed by atoms with Gasteiger partial charge < -0.3 is 0 Å². The van der Waals surface area contributed by atoms with E-state index in [4.69, 9.17) is 23.2 Å². The lowest BCUT2D eigenvalue weighted by Gasteiger charge is -2.11. The number of benzene rings is 1. The second-order valence-electron chi connectivity index (χ2n) is 2.96. The monoisotopic (exact) mass is 220 g/mol. The molecule has 0 fully saturated rings. The van der Waals surface area contributed by atoms with Crippen LogP contribution in [0.25, 0.3) is 0 Å². The van der Waals surface area contributed by atoms with Crippen molar-refractivity contribution in [1.29, 1.82) is 0 Å². The molecule has 13 heavy (non-hydrogen) atoms. The highest BCUT2D eigenvalue weighted by molar-refractivity contribution is 6.34. The Labute approximate surface area is 87.7 Å². The number of halogens is 3. The van der Waals surface area contributed by atoms with Crippen LogP contribution in [-0.2, 0) is 0 Å². The van der Waals surface area contributed by atoms with Crippen LogP contribution in [0.3, 0.4) is 0 Å². The molecule has 0 aliphatic rings. The molecular weight excluding hydrogens is 210 g/mol. The fourth-order valence-electron chi connectivity index (χ4n) is 1.24. The van der Waals surface area contributed by atoms with Crippen LogP contribution in [0.15, 0.2) is 18.2 Å². The van der Waals surface area contributed by atoms with Crippen molar-refractivity contribution < 1.29 is 4.39 Å². The molecule has 0 radical (unpaired) electrons. The van der Waals surface area contributed by atoms with Crippen molar-refractivity contribution in [2.45, 2.75) is 19.3 Å². The zero-order chi connectivity index (χ0) is 9.84. The smallest absolute Gasteiger partial charge is 0.0962 e. The van der Waals surface area contributed by atoms with Crippen LogP contribution in [0.1, 0.15) is 24.8 Å². The number of hydrogen-bond donors (Lipinski definition) is 0. The minimum absolute atomic E-state index is 0.0869. The van der Waals surface area contributed by atoms with E-state index in [1.54, 1.807) is 18.2 Å². The van der Waals surface area contributed by atoms with E-state index in [1.807, 2.05) is 6.92 Å². The van der Waals surface area contributed by atoms with E-state index in [0.29, 0.717) is 10.0 Å². The molecular formula is C10H11Cl2F. The molecule has 72 valence electrons. The van der Waals surface area contributed by atoms with Gasteiger partial charge in [-0.15, -0.1) is 0 Å². The van der Waals surface area contributed by atoms with Gasteiger partial charge in [0.05, 0.1) is 6.67 Å². The van der Waals surface area contributed by atoms with Gasteiger partial charge in [-0.2, -0.15) is 0 Å². The van der Waals surface area contributed by atoms with Gasteiger partial charge in [-0.1, -0.05) is 30.1 Å². The minimum atomic E-state index is -0.368. The molecule has 0 saturated carbocycles. The summed E-state index contributed by atoms with van der Waals surface area (Å²) < 4.78 is 12.5. The normalized spacial score (nSPS) is 12.9. The molecule has 0 N–H and O–H groups in total. The second-order valence-corrected chi connectivity index (χ2v) is 3.84.